The van der Waals surface area contributed by atoms with Gasteiger partial charge >= 0.3 is 7.12 Å². The predicted molar refractivity (Wildman–Crippen MR) is 106 cm³/mol. The second kappa shape index (κ2) is 8.69. The van der Waals surface area contributed by atoms with Crippen molar-refractivity contribution in [3.05, 3.63) is 23.2 Å². The van der Waals surface area contributed by atoms with Crippen molar-refractivity contribution in [2.45, 2.75) is 44.5 Å². The van der Waals surface area contributed by atoms with Crippen LogP contribution in [0, 0.1) is 5.92 Å². The Balaban J connectivity index is 1.49. The van der Waals surface area contributed by atoms with E-state index in [0.29, 0.717) is 12.2 Å². The van der Waals surface area contributed by atoms with Crippen LogP contribution in [-0.2, 0) is 0 Å². The Kier molecular flexibility index (Phi) is 6.58. The number of rotatable bonds is 7. The highest BCUT2D eigenvalue weighted by atomic mass is 35.5. The van der Waals surface area contributed by atoms with Gasteiger partial charge in [-0.3, -0.25) is 0 Å². The average molecular weight is 382 g/mol. The second-order valence-corrected chi connectivity index (χ2v) is 8.31. The third kappa shape index (κ3) is 5.08. The summed E-state index contributed by atoms with van der Waals surface area (Å²) in [5.74, 6) is 0.541. The summed E-state index contributed by atoms with van der Waals surface area (Å²) in [6, 6.07) is 6.04. The van der Waals surface area contributed by atoms with Crippen LogP contribution in [0.2, 0.25) is 11.3 Å². The molecule has 1 fully saturated rings. The molecule has 2 aromatic rings. The van der Waals surface area contributed by atoms with Crippen molar-refractivity contribution >= 4 is 45.4 Å². The van der Waals surface area contributed by atoms with Crippen LogP contribution in [0.4, 0.5) is 5.13 Å². The number of unbranched alkanes of at least 4 members (excludes halogenated alkanes) is 1. The zero-order valence-electron chi connectivity index (χ0n) is 14.3. The van der Waals surface area contributed by atoms with Crippen LogP contribution in [0.3, 0.4) is 0 Å². The molecule has 25 heavy (non-hydrogen) atoms. The smallest absolute Gasteiger partial charge is 0.427 e. The van der Waals surface area contributed by atoms with Crippen molar-refractivity contribution in [3.63, 3.8) is 0 Å². The highest BCUT2D eigenvalue weighted by molar-refractivity contribution is 7.22. The number of benzene rings is 1. The molecule has 1 aliphatic heterocycles. The third-order valence-electron chi connectivity index (χ3n) is 5.00. The van der Waals surface area contributed by atoms with Gasteiger partial charge in [0.2, 0.25) is 0 Å². The van der Waals surface area contributed by atoms with Crippen molar-refractivity contribution in [1.29, 1.82) is 0 Å². The van der Waals surface area contributed by atoms with Gasteiger partial charge in [0.15, 0.2) is 5.13 Å². The van der Waals surface area contributed by atoms with E-state index in [4.69, 9.17) is 32.4 Å². The Morgan fingerprint density at radius 3 is 2.80 bits per heavy atom. The summed E-state index contributed by atoms with van der Waals surface area (Å²) < 4.78 is 1.13. The first-order valence-corrected chi connectivity index (χ1v) is 10.1. The second-order valence-electron chi connectivity index (χ2n) is 6.86. The Morgan fingerprint density at radius 1 is 1.32 bits per heavy atom. The van der Waals surface area contributed by atoms with Crippen LogP contribution >= 0.6 is 22.9 Å². The molecule has 0 saturated carbocycles. The fraction of sp³-hybridized carbons (Fsp3) is 0.588. The molecule has 1 unspecified atom stereocenters. The van der Waals surface area contributed by atoms with E-state index in [0.717, 1.165) is 65.6 Å². The molecule has 1 aromatic carbocycles. The summed E-state index contributed by atoms with van der Waals surface area (Å²) in [4.78, 5) is 7.08. The van der Waals surface area contributed by atoms with Crippen molar-refractivity contribution < 1.29 is 10.0 Å². The number of thiazole rings is 1. The van der Waals surface area contributed by atoms with Crippen LogP contribution in [0.1, 0.15) is 32.1 Å². The first-order chi connectivity index (χ1) is 12.0. The maximum Gasteiger partial charge on any atom is 0.451 e. The molecule has 136 valence electrons. The zero-order chi connectivity index (χ0) is 17.8. The monoisotopic (exact) mass is 381 g/mol. The van der Waals surface area contributed by atoms with Crippen molar-refractivity contribution in [1.82, 2.24) is 4.98 Å². The molecule has 1 aliphatic rings. The average Bonchev–Trinajstić information content (AvgIpc) is 3.01. The van der Waals surface area contributed by atoms with E-state index in [-0.39, 0.29) is 6.04 Å². The van der Waals surface area contributed by atoms with Crippen LogP contribution in [-0.4, -0.2) is 41.3 Å². The number of piperidine rings is 1. The van der Waals surface area contributed by atoms with E-state index in [1.807, 2.05) is 18.2 Å². The Morgan fingerprint density at radius 2 is 2.08 bits per heavy atom. The molecule has 0 amide bonds. The van der Waals surface area contributed by atoms with Gasteiger partial charge in [-0.15, -0.1) is 0 Å². The Bertz CT molecular complexity index is 692. The lowest BCUT2D eigenvalue weighted by atomic mass is 9.82. The number of halogens is 1. The first-order valence-electron chi connectivity index (χ1n) is 8.95. The lowest BCUT2D eigenvalue weighted by Gasteiger charge is -2.34. The maximum atomic E-state index is 8.88. The van der Waals surface area contributed by atoms with E-state index < -0.39 is 7.12 Å². The van der Waals surface area contributed by atoms with Crippen molar-refractivity contribution in [3.8, 4) is 0 Å². The van der Waals surface area contributed by atoms with E-state index in [2.05, 4.69) is 4.90 Å². The minimum atomic E-state index is -1.19. The SMILES string of the molecule is NC(CCCCB(O)O)C1CCN(c2nc3ccc(Cl)cc3s2)CC1. The highest BCUT2D eigenvalue weighted by Gasteiger charge is 2.25. The molecule has 8 heteroatoms. The summed E-state index contributed by atoms with van der Waals surface area (Å²) in [6.45, 7) is 1.97. The minimum absolute atomic E-state index is 0.201. The normalized spacial score (nSPS) is 17.2. The van der Waals surface area contributed by atoms with Crippen molar-refractivity contribution in [2.24, 2.45) is 11.7 Å². The largest absolute Gasteiger partial charge is 0.451 e. The van der Waals surface area contributed by atoms with Gasteiger partial charge in [0.1, 0.15) is 0 Å². The van der Waals surface area contributed by atoms with Crippen LogP contribution < -0.4 is 10.6 Å². The first kappa shape index (κ1) is 18.9. The van der Waals surface area contributed by atoms with E-state index in [1.54, 1.807) is 11.3 Å². The van der Waals surface area contributed by atoms with Crippen LogP contribution in [0.5, 0.6) is 0 Å². The number of fused-ring (bicyclic) bond motifs is 1. The molecular weight excluding hydrogens is 357 g/mol. The predicted octanol–water partition coefficient (Wildman–Crippen LogP) is 3.14. The quantitative estimate of drug-likeness (QED) is 0.507. The highest BCUT2D eigenvalue weighted by Crippen LogP contribution is 2.33. The van der Waals surface area contributed by atoms with Gasteiger partial charge in [-0.1, -0.05) is 35.8 Å². The molecule has 4 N–H and O–H groups in total. The zero-order valence-corrected chi connectivity index (χ0v) is 15.8. The number of hydrogen-bond acceptors (Lipinski definition) is 6. The summed E-state index contributed by atoms with van der Waals surface area (Å²) in [6.07, 6.45) is 5.33. The lowest BCUT2D eigenvalue weighted by Crippen LogP contribution is -2.41. The number of anilines is 1. The van der Waals surface area contributed by atoms with E-state index in [1.165, 1.54) is 0 Å². The van der Waals surface area contributed by atoms with Crippen LogP contribution in [0.15, 0.2) is 18.2 Å². The van der Waals surface area contributed by atoms with Gasteiger partial charge in [0.25, 0.3) is 0 Å². The lowest BCUT2D eigenvalue weighted by molar-refractivity contribution is 0.321. The molecule has 5 nitrogen and oxygen atoms in total. The fourth-order valence-corrected chi connectivity index (χ4v) is 4.78. The molecule has 0 spiro atoms. The van der Waals surface area contributed by atoms with Gasteiger partial charge in [0.05, 0.1) is 10.2 Å². The molecule has 2 heterocycles. The molecule has 0 bridgehead atoms. The Hall–Kier alpha value is -0.855. The Labute approximate surface area is 158 Å². The maximum absolute atomic E-state index is 8.88. The summed E-state index contributed by atoms with van der Waals surface area (Å²) in [5, 5.41) is 19.6. The third-order valence-corrected chi connectivity index (χ3v) is 6.32. The molecule has 1 aromatic heterocycles. The summed E-state index contributed by atoms with van der Waals surface area (Å²) >= 11 is 7.76. The number of hydrogen-bond donors (Lipinski definition) is 3. The molecular formula is C17H25BClN3O2S. The van der Waals surface area contributed by atoms with Crippen molar-refractivity contribution in [2.75, 3.05) is 18.0 Å². The number of nitrogens with two attached hydrogens (primary N) is 1. The van der Waals surface area contributed by atoms with Gasteiger partial charge < -0.3 is 20.7 Å². The number of aromatic nitrogens is 1. The molecule has 1 saturated heterocycles. The van der Waals surface area contributed by atoms with Crippen LogP contribution in [0.25, 0.3) is 10.2 Å². The van der Waals surface area contributed by atoms with Gasteiger partial charge in [-0.05, 0) is 49.7 Å². The topological polar surface area (TPSA) is 82.6 Å². The van der Waals surface area contributed by atoms with Gasteiger partial charge in [-0.25, -0.2) is 4.98 Å². The standard InChI is InChI=1S/C17H25BClN3O2S/c19-13-4-5-15-16(11-13)25-17(21-15)22-9-6-12(7-10-22)14(20)3-1-2-8-18(23)24/h4-5,11-12,14,23-24H,1-3,6-10,20H2. The fourth-order valence-electron chi connectivity index (χ4n) is 3.48. The molecule has 0 aliphatic carbocycles. The van der Waals surface area contributed by atoms with E-state index in [9.17, 15) is 0 Å². The minimum Gasteiger partial charge on any atom is -0.427 e. The van der Waals surface area contributed by atoms with E-state index >= 15 is 0 Å². The summed E-state index contributed by atoms with van der Waals surface area (Å²) in [7, 11) is -1.19. The molecule has 1 atom stereocenters. The molecule has 0 radical (unpaired) electrons. The summed E-state index contributed by atoms with van der Waals surface area (Å²) in [5.41, 5.74) is 7.36. The van der Waals surface area contributed by atoms with Gasteiger partial charge in [0, 0.05) is 24.2 Å². The van der Waals surface area contributed by atoms with Gasteiger partial charge in [-0.2, -0.15) is 0 Å². The molecule has 3 rings (SSSR count). The number of nitrogens with zero attached hydrogens (tertiary/aromatic N) is 2.